The van der Waals surface area contributed by atoms with Gasteiger partial charge >= 0.3 is 0 Å². The first-order valence-electron chi connectivity index (χ1n) is 9.73. The largest absolute Gasteiger partial charge is 0.349 e. The summed E-state index contributed by atoms with van der Waals surface area (Å²) >= 11 is 0. The maximum atomic E-state index is 12.4. The van der Waals surface area contributed by atoms with Crippen molar-refractivity contribution in [3.63, 3.8) is 0 Å². The average molecular weight is 336 g/mol. The molecule has 4 rings (SSSR count). The van der Waals surface area contributed by atoms with Gasteiger partial charge in [0.15, 0.2) is 0 Å². The molecule has 1 aromatic carbocycles. The first-order chi connectivity index (χ1) is 12.1. The smallest absolute Gasteiger partial charge is 0.251 e. The molecule has 132 valence electrons. The fourth-order valence-corrected chi connectivity index (χ4v) is 4.53. The molecule has 3 heteroatoms. The molecule has 1 aromatic heterocycles. The summed E-state index contributed by atoms with van der Waals surface area (Å²) in [5, 5.41) is 3.17. The fraction of sp³-hybridized carbons (Fsp3) is 0.500. The Hall–Kier alpha value is -2.03. The summed E-state index contributed by atoms with van der Waals surface area (Å²) < 4.78 is 2.37. The number of benzene rings is 1. The SMILES string of the molecule is Cc1cc2c(n1-c1ccc(C(=O)NC3CCCC3)cc1)CCC(C)C2. The van der Waals surface area contributed by atoms with E-state index in [1.54, 1.807) is 0 Å². The zero-order valence-electron chi connectivity index (χ0n) is 15.3. The maximum Gasteiger partial charge on any atom is 0.251 e. The molecule has 2 aliphatic rings. The third-order valence-electron chi connectivity index (χ3n) is 5.90. The summed E-state index contributed by atoms with van der Waals surface area (Å²) in [5.41, 5.74) is 6.19. The van der Waals surface area contributed by atoms with Crippen LogP contribution < -0.4 is 5.32 Å². The molecule has 0 radical (unpaired) electrons. The van der Waals surface area contributed by atoms with Gasteiger partial charge in [0.2, 0.25) is 0 Å². The van der Waals surface area contributed by atoms with Gasteiger partial charge in [-0.25, -0.2) is 0 Å². The summed E-state index contributed by atoms with van der Waals surface area (Å²) in [4.78, 5) is 12.4. The van der Waals surface area contributed by atoms with E-state index in [2.05, 4.69) is 41.9 Å². The highest BCUT2D eigenvalue weighted by Gasteiger charge is 2.22. The van der Waals surface area contributed by atoms with Crippen molar-refractivity contribution in [2.45, 2.75) is 64.8 Å². The Morgan fingerprint density at radius 3 is 2.56 bits per heavy atom. The standard InChI is InChI=1S/C22H28N2O/c1-15-7-12-21-18(13-15)14-16(2)24(21)20-10-8-17(9-11-20)22(25)23-19-5-3-4-6-19/h8-11,14-15,19H,3-7,12-13H2,1-2H3,(H,23,25). The maximum absolute atomic E-state index is 12.4. The van der Waals surface area contributed by atoms with Gasteiger partial charge in [0.05, 0.1) is 0 Å². The Labute approximate surface area is 150 Å². The van der Waals surface area contributed by atoms with Crippen molar-refractivity contribution in [2.24, 2.45) is 5.92 Å². The van der Waals surface area contributed by atoms with E-state index >= 15 is 0 Å². The monoisotopic (exact) mass is 336 g/mol. The average Bonchev–Trinajstić information content (AvgIpc) is 3.21. The molecule has 2 aliphatic carbocycles. The summed E-state index contributed by atoms with van der Waals surface area (Å²) in [6.07, 6.45) is 8.31. The molecule has 1 N–H and O–H groups in total. The second-order valence-electron chi connectivity index (χ2n) is 7.94. The molecule has 0 bridgehead atoms. The highest BCUT2D eigenvalue weighted by Crippen LogP contribution is 2.30. The Kier molecular flexibility index (Phi) is 4.41. The minimum absolute atomic E-state index is 0.0681. The number of aromatic nitrogens is 1. The van der Waals surface area contributed by atoms with Gasteiger partial charge in [-0.2, -0.15) is 0 Å². The molecule has 2 aromatic rings. The topological polar surface area (TPSA) is 34.0 Å². The summed E-state index contributed by atoms with van der Waals surface area (Å²) in [6, 6.07) is 10.8. The lowest BCUT2D eigenvalue weighted by molar-refractivity contribution is 0.0938. The molecule has 1 fully saturated rings. The Balaban J connectivity index is 1.55. The number of carbonyl (C=O) groups is 1. The number of carbonyl (C=O) groups excluding carboxylic acids is 1. The number of fused-ring (bicyclic) bond motifs is 1. The van der Waals surface area contributed by atoms with Gasteiger partial charge in [0, 0.05) is 28.7 Å². The van der Waals surface area contributed by atoms with E-state index in [0.717, 1.165) is 30.7 Å². The molecular formula is C22H28N2O. The van der Waals surface area contributed by atoms with Gasteiger partial charge < -0.3 is 9.88 Å². The Bertz CT molecular complexity index is 766. The minimum atomic E-state index is 0.0681. The third kappa shape index (κ3) is 3.24. The minimum Gasteiger partial charge on any atom is -0.349 e. The molecule has 3 nitrogen and oxygen atoms in total. The molecule has 1 unspecified atom stereocenters. The zero-order chi connectivity index (χ0) is 17.4. The Morgan fingerprint density at radius 1 is 1.12 bits per heavy atom. The quantitative estimate of drug-likeness (QED) is 0.874. The van der Waals surface area contributed by atoms with Crippen molar-refractivity contribution in [3.8, 4) is 5.69 Å². The van der Waals surface area contributed by atoms with Crippen molar-refractivity contribution in [2.75, 3.05) is 0 Å². The van der Waals surface area contributed by atoms with E-state index < -0.39 is 0 Å². The first kappa shape index (κ1) is 16.4. The predicted molar refractivity (Wildman–Crippen MR) is 101 cm³/mol. The number of nitrogens with one attached hydrogen (secondary N) is 1. The second kappa shape index (κ2) is 6.70. The van der Waals surface area contributed by atoms with Crippen molar-refractivity contribution in [3.05, 3.63) is 52.8 Å². The normalized spacial score (nSPS) is 20.5. The van der Waals surface area contributed by atoms with Crippen LogP contribution in [0.1, 0.15) is 66.3 Å². The van der Waals surface area contributed by atoms with E-state index in [1.807, 2.05) is 12.1 Å². The number of rotatable bonds is 3. The molecule has 1 amide bonds. The second-order valence-corrected chi connectivity index (χ2v) is 7.94. The van der Waals surface area contributed by atoms with Crippen molar-refractivity contribution in [1.29, 1.82) is 0 Å². The van der Waals surface area contributed by atoms with Gasteiger partial charge in [-0.05, 0) is 80.8 Å². The van der Waals surface area contributed by atoms with E-state index in [0.29, 0.717) is 6.04 Å². The highest BCUT2D eigenvalue weighted by atomic mass is 16.1. The zero-order valence-corrected chi connectivity index (χ0v) is 15.3. The molecule has 0 aliphatic heterocycles. The molecule has 1 heterocycles. The predicted octanol–water partition coefficient (Wildman–Crippen LogP) is 4.58. The number of aryl methyl sites for hydroxylation is 1. The summed E-state index contributed by atoms with van der Waals surface area (Å²) in [6.45, 7) is 4.52. The van der Waals surface area contributed by atoms with Crippen LogP contribution in [-0.2, 0) is 12.8 Å². The van der Waals surface area contributed by atoms with Crippen LogP contribution in [0.5, 0.6) is 0 Å². The molecule has 0 saturated heterocycles. The van der Waals surface area contributed by atoms with Gasteiger partial charge in [-0.3, -0.25) is 4.79 Å². The number of amides is 1. The molecule has 25 heavy (non-hydrogen) atoms. The van der Waals surface area contributed by atoms with Gasteiger partial charge in [0.1, 0.15) is 0 Å². The highest BCUT2D eigenvalue weighted by molar-refractivity contribution is 5.94. The van der Waals surface area contributed by atoms with Crippen LogP contribution in [0.3, 0.4) is 0 Å². The third-order valence-corrected chi connectivity index (χ3v) is 5.90. The van der Waals surface area contributed by atoms with Crippen LogP contribution in [0.2, 0.25) is 0 Å². The van der Waals surface area contributed by atoms with E-state index in [1.165, 1.54) is 48.3 Å². The van der Waals surface area contributed by atoms with Crippen LogP contribution in [0.15, 0.2) is 30.3 Å². The fourth-order valence-electron chi connectivity index (χ4n) is 4.53. The van der Waals surface area contributed by atoms with Crippen LogP contribution in [-0.4, -0.2) is 16.5 Å². The van der Waals surface area contributed by atoms with E-state index in [-0.39, 0.29) is 5.91 Å². The Morgan fingerprint density at radius 2 is 1.84 bits per heavy atom. The number of nitrogens with zero attached hydrogens (tertiary/aromatic N) is 1. The van der Waals surface area contributed by atoms with Crippen molar-refractivity contribution >= 4 is 5.91 Å². The lowest BCUT2D eigenvalue weighted by atomic mass is 9.89. The molecule has 1 atom stereocenters. The summed E-state index contributed by atoms with van der Waals surface area (Å²) in [5.74, 6) is 0.850. The van der Waals surface area contributed by atoms with Gasteiger partial charge in [-0.15, -0.1) is 0 Å². The van der Waals surface area contributed by atoms with E-state index in [9.17, 15) is 4.79 Å². The van der Waals surface area contributed by atoms with Crippen LogP contribution in [0.25, 0.3) is 5.69 Å². The molecule has 0 spiro atoms. The lowest BCUT2D eigenvalue weighted by Crippen LogP contribution is -2.32. The van der Waals surface area contributed by atoms with Crippen LogP contribution >= 0.6 is 0 Å². The number of hydrogen-bond acceptors (Lipinski definition) is 1. The number of hydrogen-bond donors (Lipinski definition) is 1. The molecular weight excluding hydrogens is 308 g/mol. The van der Waals surface area contributed by atoms with E-state index in [4.69, 9.17) is 0 Å². The van der Waals surface area contributed by atoms with Gasteiger partial charge in [-0.1, -0.05) is 19.8 Å². The van der Waals surface area contributed by atoms with Crippen LogP contribution in [0, 0.1) is 12.8 Å². The lowest BCUT2D eigenvalue weighted by Gasteiger charge is -2.21. The van der Waals surface area contributed by atoms with Crippen molar-refractivity contribution < 1.29 is 4.79 Å². The van der Waals surface area contributed by atoms with Gasteiger partial charge in [0.25, 0.3) is 5.91 Å². The summed E-state index contributed by atoms with van der Waals surface area (Å²) in [7, 11) is 0. The molecule has 1 saturated carbocycles. The van der Waals surface area contributed by atoms with Crippen LogP contribution in [0.4, 0.5) is 0 Å². The van der Waals surface area contributed by atoms with Crippen molar-refractivity contribution in [1.82, 2.24) is 9.88 Å². The first-order valence-corrected chi connectivity index (χ1v) is 9.73.